The van der Waals surface area contributed by atoms with E-state index in [0.717, 1.165) is 12.8 Å². The third-order valence-electron chi connectivity index (χ3n) is 3.64. The monoisotopic (exact) mass is 278 g/mol. The van der Waals surface area contributed by atoms with Crippen LogP contribution in [0.2, 0.25) is 0 Å². The molecule has 0 unspecified atom stereocenters. The molecule has 0 radical (unpaired) electrons. The molecule has 0 spiro atoms. The van der Waals surface area contributed by atoms with Gasteiger partial charge in [-0.15, -0.1) is 0 Å². The highest BCUT2D eigenvalue weighted by Gasteiger charge is 2.30. The molecule has 1 saturated carbocycles. The van der Waals surface area contributed by atoms with E-state index >= 15 is 0 Å². The van der Waals surface area contributed by atoms with Crippen molar-refractivity contribution >= 4 is 11.6 Å². The van der Waals surface area contributed by atoms with Crippen molar-refractivity contribution in [3.8, 4) is 0 Å². The molecule has 0 atom stereocenters. The molecule has 110 valence electrons. The number of rotatable bonds is 4. The molecule has 1 fully saturated rings. The molecule has 2 rings (SSSR count). The van der Waals surface area contributed by atoms with Gasteiger partial charge in [-0.1, -0.05) is 13.8 Å². The molecule has 0 aromatic carbocycles. The Morgan fingerprint density at radius 1 is 1.55 bits per heavy atom. The molecule has 0 bridgehead atoms. The Morgan fingerprint density at radius 2 is 2.20 bits per heavy atom. The third kappa shape index (κ3) is 3.07. The molecule has 0 saturated heterocycles. The Balaban J connectivity index is 2.09. The highest BCUT2D eigenvalue weighted by atomic mass is 16.3. The maximum absolute atomic E-state index is 12.4. The second-order valence-electron chi connectivity index (χ2n) is 5.86. The number of aliphatic hydroxyl groups excluding tert-OH is 1. The number of aromatic nitrogens is 2. The van der Waals surface area contributed by atoms with Gasteiger partial charge in [0.1, 0.15) is 5.82 Å². The Kier molecular flexibility index (Phi) is 4.23. The summed E-state index contributed by atoms with van der Waals surface area (Å²) in [4.78, 5) is 22.4. The molecule has 1 aliphatic rings. The molecule has 1 aromatic heterocycles. The van der Waals surface area contributed by atoms with Gasteiger partial charge in [0.25, 0.3) is 5.91 Å². The fourth-order valence-corrected chi connectivity index (χ4v) is 2.35. The van der Waals surface area contributed by atoms with E-state index in [4.69, 9.17) is 5.73 Å². The van der Waals surface area contributed by atoms with E-state index in [1.807, 2.05) is 13.8 Å². The van der Waals surface area contributed by atoms with Gasteiger partial charge in [-0.2, -0.15) is 0 Å². The summed E-state index contributed by atoms with van der Waals surface area (Å²) in [5.74, 6) is 0.948. The van der Waals surface area contributed by atoms with Crippen LogP contribution < -0.4 is 5.73 Å². The van der Waals surface area contributed by atoms with Gasteiger partial charge < -0.3 is 15.7 Å². The number of hydrogen-bond donors (Lipinski definition) is 2. The van der Waals surface area contributed by atoms with Crippen molar-refractivity contribution < 1.29 is 9.90 Å². The van der Waals surface area contributed by atoms with Crippen LogP contribution in [0.25, 0.3) is 0 Å². The number of nitrogens with zero attached hydrogens (tertiary/aromatic N) is 3. The summed E-state index contributed by atoms with van der Waals surface area (Å²) in [7, 11) is 1.74. The molecule has 1 aliphatic carbocycles. The molecule has 0 aliphatic heterocycles. The average Bonchev–Trinajstić information content (AvgIpc) is 2.36. The van der Waals surface area contributed by atoms with Gasteiger partial charge in [0, 0.05) is 19.5 Å². The molecule has 6 heteroatoms. The SMILES string of the molecule is CC(C)c1ncc(N)c(C(=O)N(C)CC2CC(O)C2)n1. The first-order valence-electron chi connectivity index (χ1n) is 6.94. The van der Waals surface area contributed by atoms with E-state index in [1.54, 1.807) is 11.9 Å². The van der Waals surface area contributed by atoms with Crippen LogP contribution >= 0.6 is 0 Å². The van der Waals surface area contributed by atoms with Crippen molar-refractivity contribution in [3.05, 3.63) is 17.7 Å². The molecule has 1 heterocycles. The second-order valence-corrected chi connectivity index (χ2v) is 5.86. The lowest BCUT2D eigenvalue weighted by Gasteiger charge is -2.34. The zero-order valence-corrected chi connectivity index (χ0v) is 12.2. The second kappa shape index (κ2) is 5.75. The summed E-state index contributed by atoms with van der Waals surface area (Å²) in [6.45, 7) is 4.56. The first-order valence-corrected chi connectivity index (χ1v) is 6.94. The van der Waals surface area contributed by atoms with Crippen LogP contribution in [0.4, 0.5) is 5.69 Å². The third-order valence-corrected chi connectivity index (χ3v) is 3.64. The average molecular weight is 278 g/mol. The van der Waals surface area contributed by atoms with E-state index in [2.05, 4.69) is 9.97 Å². The number of aliphatic hydroxyl groups is 1. The summed E-state index contributed by atoms with van der Waals surface area (Å²) >= 11 is 0. The number of nitrogen functional groups attached to an aromatic ring is 1. The van der Waals surface area contributed by atoms with Crippen molar-refractivity contribution in [2.45, 2.75) is 38.7 Å². The van der Waals surface area contributed by atoms with Crippen LogP contribution in [-0.2, 0) is 0 Å². The van der Waals surface area contributed by atoms with E-state index in [1.165, 1.54) is 6.20 Å². The molecule has 20 heavy (non-hydrogen) atoms. The van der Waals surface area contributed by atoms with Gasteiger partial charge in [-0.25, -0.2) is 9.97 Å². The maximum Gasteiger partial charge on any atom is 0.274 e. The first-order chi connectivity index (χ1) is 9.38. The normalized spacial score (nSPS) is 21.6. The predicted molar refractivity (Wildman–Crippen MR) is 76.2 cm³/mol. The van der Waals surface area contributed by atoms with E-state index < -0.39 is 0 Å². The Labute approximate surface area is 119 Å². The molecule has 1 amide bonds. The van der Waals surface area contributed by atoms with Crippen LogP contribution in [0.15, 0.2) is 6.20 Å². The van der Waals surface area contributed by atoms with Gasteiger partial charge in [-0.3, -0.25) is 4.79 Å². The number of carbonyl (C=O) groups excluding carboxylic acids is 1. The van der Waals surface area contributed by atoms with Gasteiger partial charge in [-0.05, 0) is 18.8 Å². The standard InChI is InChI=1S/C14H22N4O2/c1-8(2)13-16-6-11(15)12(17-13)14(20)18(3)7-9-4-10(19)5-9/h6,8-10,19H,4-5,7,15H2,1-3H3. The molecule has 1 aromatic rings. The van der Waals surface area contributed by atoms with E-state index in [9.17, 15) is 9.90 Å². The minimum Gasteiger partial charge on any atom is -0.396 e. The Morgan fingerprint density at radius 3 is 2.75 bits per heavy atom. The Bertz CT molecular complexity index is 498. The highest BCUT2D eigenvalue weighted by Crippen LogP contribution is 2.28. The quantitative estimate of drug-likeness (QED) is 0.858. The summed E-state index contributed by atoms with van der Waals surface area (Å²) in [6.07, 6.45) is 2.80. The summed E-state index contributed by atoms with van der Waals surface area (Å²) in [6, 6.07) is 0. The first kappa shape index (κ1) is 14.7. The number of amides is 1. The highest BCUT2D eigenvalue weighted by molar-refractivity contribution is 5.96. The van der Waals surface area contributed by atoms with Crippen molar-refractivity contribution in [1.82, 2.24) is 14.9 Å². The largest absolute Gasteiger partial charge is 0.396 e. The van der Waals surface area contributed by atoms with Crippen LogP contribution in [-0.4, -0.2) is 45.6 Å². The smallest absolute Gasteiger partial charge is 0.274 e. The van der Waals surface area contributed by atoms with Crippen molar-refractivity contribution in [2.75, 3.05) is 19.3 Å². The number of anilines is 1. The number of carbonyl (C=O) groups is 1. The summed E-state index contributed by atoms with van der Waals surface area (Å²) in [5.41, 5.74) is 6.39. The fourth-order valence-electron chi connectivity index (χ4n) is 2.35. The lowest BCUT2D eigenvalue weighted by molar-refractivity contribution is 0.0264. The summed E-state index contributed by atoms with van der Waals surface area (Å²) < 4.78 is 0. The van der Waals surface area contributed by atoms with Crippen molar-refractivity contribution in [1.29, 1.82) is 0 Å². The lowest BCUT2D eigenvalue weighted by Crippen LogP contribution is -2.40. The summed E-state index contributed by atoms with van der Waals surface area (Å²) in [5, 5.41) is 9.28. The minimum atomic E-state index is -0.208. The molecule has 6 nitrogen and oxygen atoms in total. The van der Waals surface area contributed by atoms with Gasteiger partial charge in [0.2, 0.25) is 0 Å². The zero-order chi connectivity index (χ0) is 14.9. The fraction of sp³-hybridized carbons (Fsp3) is 0.643. The maximum atomic E-state index is 12.4. The Hall–Kier alpha value is -1.69. The zero-order valence-electron chi connectivity index (χ0n) is 12.2. The predicted octanol–water partition coefficient (Wildman–Crippen LogP) is 1.03. The van der Waals surface area contributed by atoms with Crippen molar-refractivity contribution in [3.63, 3.8) is 0 Å². The number of hydrogen-bond acceptors (Lipinski definition) is 5. The van der Waals surface area contributed by atoms with Crippen LogP contribution in [0.5, 0.6) is 0 Å². The molecular weight excluding hydrogens is 256 g/mol. The minimum absolute atomic E-state index is 0.147. The van der Waals surface area contributed by atoms with Crippen LogP contribution in [0.3, 0.4) is 0 Å². The van der Waals surface area contributed by atoms with Crippen LogP contribution in [0.1, 0.15) is 48.9 Å². The van der Waals surface area contributed by atoms with E-state index in [-0.39, 0.29) is 23.6 Å². The van der Waals surface area contributed by atoms with Gasteiger partial charge in [0.05, 0.1) is 18.0 Å². The van der Waals surface area contributed by atoms with Gasteiger partial charge >= 0.3 is 0 Å². The van der Waals surface area contributed by atoms with Gasteiger partial charge in [0.15, 0.2) is 5.69 Å². The topological polar surface area (TPSA) is 92.3 Å². The van der Waals surface area contributed by atoms with Crippen molar-refractivity contribution in [2.24, 2.45) is 5.92 Å². The number of nitrogens with two attached hydrogens (primary N) is 1. The lowest BCUT2D eigenvalue weighted by atomic mass is 9.82. The van der Waals surface area contributed by atoms with E-state index in [0.29, 0.717) is 24.0 Å². The molecular formula is C14H22N4O2. The molecule has 3 N–H and O–H groups in total. The van der Waals surface area contributed by atoms with Crippen LogP contribution in [0, 0.1) is 5.92 Å².